The molecule has 0 bridgehead atoms. The van der Waals surface area contributed by atoms with Crippen molar-refractivity contribution in [1.82, 2.24) is 4.90 Å². The molecule has 1 N–H and O–H groups in total. The Balaban J connectivity index is 2.50. The van der Waals surface area contributed by atoms with E-state index in [9.17, 15) is 9.59 Å². The van der Waals surface area contributed by atoms with Crippen LogP contribution >= 0.6 is 0 Å². The molecule has 1 fully saturated rings. The van der Waals surface area contributed by atoms with Crippen molar-refractivity contribution in [2.75, 3.05) is 26.8 Å². The molecule has 0 aromatic heterocycles. The minimum absolute atomic E-state index is 0.00216. The normalized spacial score (nSPS) is 16.5. The van der Waals surface area contributed by atoms with Crippen LogP contribution < -0.4 is 0 Å². The minimum Gasteiger partial charge on any atom is -0.481 e. The Bertz CT molecular complexity index is 274. The second kappa shape index (κ2) is 8.08. The van der Waals surface area contributed by atoms with Crippen molar-refractivity contribution >= 4 is 11.9 Å². The number of carbonyl (C=O) groups is 2. The van der Waals surface area contributed by atoms with Crippen molar-refractivity contribution in [3.63, 3.8) is 0 Å². The molecule has 0 aromatic rings. The molecule has 104 valence electrons. The molecule has 0 atom stereocenters. The third-order valence-corrected chi connectivity index (χ3v) is 3.43. The summed E-state index contributed by atoms with van der Waals surface area (Å²) in [5.74, 6) is -0.675. The van der Waals surface area contributed by atoms with Gasteiger partial charge in [-0.1, -0.05) is 19.3 Å². The number of carbonyl (C=O) groups excluding carboxylic acids is 1. The number of methoxy groups -OCH3 is 1. The average Bonchev–Trinajstić information content (AvgIpc) is 2.39. The zero-order valence-electron chi connectivity index (χ0n) is 11.1. The van der Waals surface area contributed by atoms with Crippen LogP contribution in [0.4, 0.5) is 0 Å². The third-order valence-electron chi connectivity index (χ3n) is 3.43. The summed E-state index contributed by atoms with van der Waals surface area (Å²) in [5.41, 5.74) is 0. The predicted molar refractivity (Wildman–Crippen MR) is 67.3 cm³/mol. The Labute approximate surface area is 108 Å². The summed E-state index contributed by atoms with van der Waals surface area (Å²) in [5, 5.41) is 8.71. The second-order valence-electron chi connectivity index (χ2n) is 4.80. The molecule has 1 aliphatic carbocycles. The van der Waals surface area contributed by atoms with Crippen LogP contribution in [-0.2, 0) is 14.3 Å². The largest absolute Gasteiger partial charge is 0.481 e. The fourth-order valence-corrected chi connectivity index (χ4v) is 2.37. The van der Waals surface area contributed by atoms with Crippen molar-refractivity contribution in [1.29, 1.82) is 0 Å². The SMILES string of the molecule is COCCN(CCC(=O)O)C(=O)C1CCCCC1. The van der Waals surface area contributed by atoms with E-state index >= 15 is 0 Å². The van der Waals surface area contributed by atoms with E-state index in [-0.39, 0.29) is 24.8 Å². The first kappa shape index (κ1) is 15.0. The number of hydrogen-bond acceptors (Lipinski definition) is 3. The van der Waals surface area contributed by atoms with E-state index < -0.39 is 5.97 Å². The van der Waals surface area contributed by atoms with Crippen LogP contribution in [0, 0.1) is 5.92 Å². The molecule has 1 aliphatic rings. The van der Waals surface area contributed by atoms with Crippen molar-refractivity contribution in [3.05, 3.63) is 0 Å². The minimum atomic E-state index is -0.867. The van der Waals surface area contributed by atoms with Gasteiger partial charge in [-0.25, -0.2) is 0 Å². The Morgan fingerprint density at radius 2 is 1.89 bits per heavy atom. The van der Waals surface area contributed by atoms with Crippen LogP contribution in [0.3, 0.4) is 0 Å². The summed E-state index contributed by atoms with van der Waals surface area (Å²) in [7, 11) is 1.58. The molecule has 1 rings (SSSR count). The standard InChI is InChI=1S/C13H23NO4/c1-18-10-9-14(8-7-12(15)16)13(17)11-5-3-2-4-6-11/h11H,2-10H2,1H3,(H,15,16). The topological polar surface area (TPSA) is 66.8 Å². The quantitative estimate of drug-likeness (QED) is 0.751. The van der Waals surface area contributed by atoms with Crippen LogP contribution in [-0.4, -0.2) is 48.7 Å². The van der Waals surface area contributed by atoms with Crippen molar-refractivity contribution in [2.24, 2.45) is 5.92 Å². The summed E-state index contributed by atoms with van der Waals surface area (Å²) in [6.45, 7) is 1.23. The van der Waals surface area contributed by atoms with E-state index in [4.69, 9.17) is 9.84 Å². The van der Waals surface area contributed by atoms with E-state index in [1.807, 2.05) is 0 Å². The van der Waals surface area contributed by atoms with E-state index in [0.29, 0.717) is 13.2 Å². The Morgan fingerprint density at radius 1 is 1.22 bits per heavy atom. The Morgan fingerprint density at radius 3 is 2.44 bits per heavy atom. The lowest BCUT2D eigenvalue weighted by molar-refractivity contribution is -0.140. The highest BCUT2D eigenvalue weighted by molar-refractivity contribution is 5.79. The molecule has 5 heteroatoms. The number of amides is 1. The molecule has 1 amide bonds. The number of carboxylic acids is 1. The summed E-state index contributed by atoms with van der Waals surface area (Å²) in [4.78, 5) is 24.5. The number of nitrogens with zero attached hydrogens (tertiary/aromatic N) is 1. The fourth-order valence-electron chi connectivity index (χ4n) is 2.37. The molecular formula is C13H23NO4. The van der Waals surface area contributed by atoms with Gasteiger partial charge in [-0.3, -0.25) is 9.59 Å². The average molecular weight is 257 g/mol. The third kappa shape index (κ3) is 5.04. The molecular weight excluding hydrogens is 234 g/mol. The van der Waals surface area contributed by atoms with Gasteiger partial charge in [0.15, 0.2) is 0 Å². The monoisotopic (exact) mass is 257 g/mol. The lowest BCUT2D eigenvalue weighted by Crippen LogP contribution is -2.40. The van der Waals surface area contributed by atoms with Gasteiger partial charge < -0.3 is 14.7 Å². The number of ether oxygens (including phenoxy) is 1. The summed E-state index contributed by atoms with van der Waals surface area (Å²) < 4.78 is 4.98. The van der Waals surface area contributed by atoms with Crippen LogP contribution in [0.15, 0.2) is 0 Å². The molecule has 0 spiro atoms. The number of carboxylic acid groups (broad SMARTS) is 1. The van der Waals surface area contributed by atoms with Crippen molar-refractivity contribution in [3.8, 4) is 0 Å². The first-order valence-corrected chi connectivity index (χ1v) is 6.64. The molecule has 0 aliphatic heterocycles. The van der Waals surface area contributed by atoms with Gasteiger partial charge in [-0.15, -0.1) is 0 Å². The maximum absolute atomic E-state index is 12.3. The number of aliphatic carboxylic acids is 1. The molecule has 1 saturated carbocycles. The fraction of sp³-hybridized carbons (Fsp3) is 0.846. The molecule has 0 aromatic carbocycles. The molecule has 0 heterocycles. The maximum Gasteiger partial charge on any atom is 0.305 e. The zero-order chi connectivity index (χ0) is 13.4. The first-order valence-electron chi connectivity index (χ1n) is 6.64. The lowest BCUT2D eigenvalue weighted by atomic mass is 9.88. The lowest BCUT2D eigenvalue weighted by Gasteiger charge is -2.28. The van der Waals surface area contributed by atoms with Crippen LogP contribution in [0.25, 0.3) is 0 Å². The van der Waals surface area contributed by atoms with Crippen LogP contribution in [0.5, 0.6) is 0 Å². The molecule has 0 saturated heterocycles. The van der Waals surface area contributed by atoms with Crippen molar-refractivity contribution < 1.29 is 19.4 Å². The van der Waals surface area contributed by atoms with E-state index in [1.54, 1.807) is 12.0 Å². The zero-order valence-corrected chi connectivity index (χ0v) is 11.1. The summed E-state index contributed by atoms with van der Waals surface area (Å²) in [6, 6.07) is 0. The molecule has 5 nitrogen and oxygen atoms in total. The van der Waals surface area contributed by atoms with E-state index in [0.717, 1.165) is 25.7 Å². The van der Waals surface area contributed by atoms with Crippen molar-refractivity contribution in [2.45, 2.75) is 38.5 Å². The molecule has 18 heavy (non-hydrogen) atoms. The van der Waals surface area contributed by atoms with Crippen LogP contribution in [0.2, 0.25) is 0 Å². The van der Waals surface area contributed by atoms with Crippen LogP contribution in [0.1, 0.15) is 38.5 Å². The van der Waals surface area contributed by atoms with E-state index in [2.05, 4.69) is 0 Å². The number of hydrogen-bond donors (Lipinski definition) is 1. The van der Waals surface area contributed by atoms with Gasteiger partial charge in [0.1, 0.15) is 0 Å². The first-order chi connectivity index (χ1) is 8.65. The van der Waals surface area contributed by atoms with Gasteiger partial charge in [-0.2, -0.15) is 0 Å². The maximum atomic E-state index is 12.3. The van der Waals surface area contributed by atoms with Gasteiger partial charge in [0.05, 0.1) is 13.0 Å². The highest BCUT2D eigenvalue weighted by Gasteiger charge is 2.25. The Hall–Kier alpha value is -1.10. The Kier molecular flexibility index (Phi) is 6.72. The highest BCUT2D eigenvalue weighted by atomic mass is 16.5. The smallest absolute Gasteiger partial charge is 0.305 e. The molecule has 0 unspecified atom stereocenters. The highest BCUT2D eigenvalue weighted by Crippen LogP contribution is 2.25. The van der Waals surface area contributed by atoms with Gasteiger partial charge >= 0.3 is 5.97 Å². The summed E-state index contributed by atoms with van der Waals surface area (Å²) in [6.07, 6.45) is 5.30. The second-order valence-corrected chi connectivity index (χ2v) is 4.80. The van der Waals surface area contributed by atoms with Gasteiger partial charge in [-0.05, 0) is 12.8 Å². The van der Waals surface area contributed by atoms with Gasteiger partial charge in [0.25, 0.3) is 0 Å². The van der Waals surface area contributed by atoms with Gasteiger partial charge in [0.2, 0.25) is 5.91 Å². The van der Waals surface area contributed by atoms with E-state index in [1.165, 1.54) is 6.42 Å². The predicted octanol–water partition coefficient (Wildman–Crippen LogP) is 1.52. The van der Waals surface area contributed by atoms with Gasteiger partial charge in [0, 0.05) is 26.1 Å². The number of rotatable bonds is 7. The summed E-state index contributed by atoms with van der Waals surface area (Å²) >= 11 is 0. The molecule has 0 radical (unpaired) electrons.